The Labute approximate surface area is 141 Å². The molecule has 24 heavy (non-hydrogen) atoms. The number of pyridine rings is 1. The van der Waals surface area contributed by atoms with E-state index in [-0.39, 0.29) is 11.7 Å². The van der Waals surface area contributed by atoms with Crippen LogP contribution in [0.4, 0.5) is 4.39 Å². The summed E-state index contributed by atoms with van der Waals surface area (Å²) in [5.74, 6) is -0.554. The molecule has 0 atom stereocenters. The van der Waals surface area contributed by atoms with Gasteiger partial charge in [-0.3, -0.25) is 9.78 Å². The number of carbonyl (C=O) groups is 1. The van der Waals surface area contributed by atoms with Gasteiger partial charge in [0, 0.05) is 19.4 Å². The van der Waals surface area contributed by atoms with Crippen molar-refractivity contribution < 1.29 is 13.9 Å². The first kappa shape index (κ1) is 16.6. The maximum atomic E-state index is 13.7. The normalized spacial score (nSPS) is 16.6. The van der Waals surface area contributed by atoms with E-state index in [4.69, 9.17) is 4.74 Å². The van der Waals surface area contributed by atoms with Crippen molar-refractivity contribution in [2.45, 2.75) is 32.2 Å². The molecule has 1 fully saturated rings. The van der Waals surface area contributed by atoms with Gasteiger partial charge in [0.05, 0.1) is 5.54 Å². The van der Waals surface area contributed by atoms with Gasteiger partial charge in [0.25, 0.3) is 5.91 Å². The Balaban J connectivity index is 1.92. The molecule has 1 amide bonds. The largest absolute Gasteiger partial charge is 0.381 e. The Morgan fingerprint density at radius 2 is 1.96 bits per heavy atom. The van der Waals surface area contributed by atoms with Gasteiger partial charge < -0.3 is 10.1 Å². The number of hydrogen-bond acceptors (Lipinski definition) is 3. The fourth-order valence-corrected chi connectivity index (χ4v) is 3.02. The number of nitrogens with zero attached hydrogens (tertiary/aromatic N) is 1. The number of aromatic nitrogens is 1. The average molecular weight is 328 g/mol. The van der Waals surface area contributed by atoms with Crippen LogP contribution < -0.4 is 5.32 Å². The lowest BCUT2D eigenvalue weighted by Crippen LogP contribution is -2.49. The number of nitrogens with one attached hydrogen (secondary N) is 1. The van der Waals surface area contributed by atoms with E-state index in [0.29, 0.717) is 31.7 Å². The van der Waals surface area contributed by atoms with Crippen molar-refractivity contribution in [1.29, 1.82) is 0 Å². The topological polar surface area (TPSA) is 51.2 Å². The lowest BCUT2D eigenvalue weighted by molar-refractivity contribution is 0.0343. The second kappa shape index (κ2) is 6.69. The van der Waals surface area contributed by atoms with Crippen molar-refractivity contribution in [1.82, 2.24) is 10.3 Å². The smallest absolute Gasteiger partial charge is 0.270 e. The highest BCUT2D eigenvalue weighted by Crippen LogP contribution is 2.32. The van der Waals surface area contributed by atoms with Crippen LogP contribution >= 0.6 is 0 Å². The van der Waals surface area contributed by atoms with Crippen molar-refractivity contribution in [3.63, 3.8) is 0 Å². The van der Waals surface area contributed by atoms with Crippen molar-refractivity contribution in [3.05, 3.63) is 64.7 Å². The van der Waals surface area contributed by atoms with Crippen LogP contribution in [0, 0.1) is 19.7 Å². The monoisotopic (exact) mass is 328 g/mol. The molecule has 3 rings (SSSR count). The predicted octanol–water partition coefficient (Wildman–Crippen LogP) is 3.27. The predicted molar refractivity (Wildman–Crippen MR) is 89.3 cm³/mol. The molecule has 2 aromatic rings. The highest BCUT2D eigenvalue weighted by Gasteiger charge is 2.36. The van der Waals surface area contributed by atoms with Gasteiger partial charge in [-0.05, 0) is 61.6 Å². The molecule has 1 aliphatic rings. The fourth-order valence-electron chi connectivity index (χ4n) is 3.02. The summed E-state index contributed by atoms with van der Waals surface area (Å²) in [6, 6.07) is 8.19. The van der Waals surface area contributed by atoms with E-state index in [9.17, 15) is 9.18 Å². The van der Waals surface area contributed by atoms with Crippen LogP contribution in [0.2, 0.25) is 0 Å². The average Bonchev–Trinajstić information content (AvgIpc) is 2.58. The number of carbonyl (C=O) groups excluding carboxylic acids is 1. The van der Waals surface area contributed by atoms with Crippen LogP contribution in [0.1, 0.15) is 40.0 Å². The summed E-state index contributed by atoms with van der Waals surface area (Å²) >= 11 is 0. The molecular weight excluding hydrogens is 307 g/mol. The van der Waals surface area contributed by atoms with E-state index in [1.165, 1.54) is 12.1 Å². The minimum Gasteiger partial charge on any atom is -0.381 e. The van der Waals surface area contributed by atoms with Crippen molar-refractivity contribution in [3.8, 4) is 0 Å². The summed E-state index contributed by atoms with van der Waals surface area (Å²) in [6.07, 6.45) is 2.91. The van der Waals surface area contributed by atoms with Crippen molar-refractivity contribution in [2.75, 3.05) is 13.2 Å². The molecule has 0 unspecified atom stereocenters. The SMILES string of the molecule is Cc1cnc(C(=O)NC2(c3cccc(F)c3)CCOCC2)cc1C. The minimum atomic E-state index is -0.627. The molecule has 0 bridgehead atoms. The summed E-state index contributed by atoms with van der Waals surface area (Å²) in [7, 11) is 0. The van der Waals surface area contributed by atoms with Gasteiger partial charge >= 0.3 is 0 Å². The van der Waals surface area contributed by atoms with E-state index in [1.54, 1.807) is 18.3 Å². The lowest BCUT2D eigenvalue weighted by atomic mass is 9.82. The molecule has 0 aliphatic carbocycles. The van der Waals surface area contributed by atoms with Gasteiger partial charge in [-0.1, -0.05) is 12.1 Å². The van der Waals surface area contributed by atoms with E-state index in [2.05, 4.69) is 10.3 Å². The van der Waals surface area contributed by atoms with Gasteiger partial charge in [-0.2, -0.15) is 0 Å². The zero-order chi connectivity index (χ0) is 17.2. The Morgan fingerprint density at radius 1 is 1.21 bits per heavy atom. The quantitative estimate of drug-likeness (QED) is 0.941. The summed E-state index contributed by atoms with van der Waals surface area (Å²) in [5.41, 5.74) is 2.57. The minimum absolute atomic E-state index is 0.246. The first-order chi connectivity index (χ1) is 11.5. The number of halogens is 1. The number of benzene rings is 1. The van der Waals surface area contributed by atoms with Crippen LogP contribution in [-0.2, 0) is 10.3 Å². The molecular formula is C19H21FN2O2. The Kier molecular flexibility index (Phi) is 4.62. The molecule has 1 N–H and O–H groups in total. The number of hydrogen-bond donors (Lipinski definition) is 1. The molecule has 0 radical (unpaired) electrons. The first-order valence-electron chi connectivity index (χ1n) is 8.10. The third-order valence-corrected chi connectivity index (χ3v) is 4.68. The third-order valence-electron chi connectivity index (χ3n) is 4.68. The van der Waals surface area contributed by atoms with Crippen LogP contribution in [0.5, 0.6) is 0 Å². The van der Waals surface area contributed by atoms with Crippen molar-refractivity contribution in [2.24, 2.45) is 0 Å². The Morgan fingerprint density at radius 3 is 2.62 bits per heavy atom. The summed E-state index contributed by atoms with van der Waals surface area (Å²) < 4.78 is 19.1. The van der Waals surface area contributed by atoms with Gasteiger partial charge in [-0.25, -0.2) is 4.39 Å². The number of rotatable bonds is 3. The molecule has 1 aliphatic heterocycles. The molecule has 2 heterocycles. The van der Waals surface area contributed by atoms with Gasteiger partial charge in [0.1, 0.15) is 11.5 Å². The zero-order valence-electron chi connectivity index (χ0n) is 13.9. The number of ether oxygens (including phenoxy) is 1. The highest BCUT2D eigenvalue weighted by molar-refractivity contribution is 5.93. The molecule has 0 spiro atoms. The molecule has 4 nitrogen and oxygen atoms in total. The lowest BCUT2D eigenvalue weighted by Gasteiger charge is -2.38. The van der Waals surface area contributed by atoms with Crippen LogP contribution in [-0.4, -0.2) is 24.1 Å². The molecule has 5 heteroatoms. The molecule has 1 aromatic carbocycles. The second-order valence-corrected chi connectivity index (χ2v) is 6.31. The summed E-state index contributed by atoms with van der Waals surface area (Å²) in [6.45, 7) is 4.95. The fraction of sp³-hybridized carbons (Fsp3) is 0.368. The summed E-state index contributed by atoms with van der Waals surface area (Å²) in [4.78, 5) is 17.0. The van der Waals surface area contributed by atoms with E-state index in [1.807, 2.05) is 19.9 Å². The standard InChI is InChI=1S/C19H21FN2O2/c1-13-10-17(21-12-14(13)2)18(23)22-19(6-8-24-9-7-19)15-4-3-5-16(20)11-15/h3-5,10-12H,6-9H2,1-2H3,(H,22,23). The van der Waals surface area contributed by atoms with Crippen LogP contribution in [0.15, 0.2) is 36.5 Å². The van der Waals surface area contributed by atoms with Crippen LogP contribution in [0.25, 0.3) is 0 Å². The third kappa shape index (κ3) is 3.31. The number of aryl methyl sites for hydroxylation is 2. The van der Waals surface area contributed by atoms with E-state index < -0.39 is 5.54 Å². The highest BCUT2D eigenvalue weighted by atomic mass is 19.1. The Hall–Kier alpha value is -2.27. The van der Waals surface area contributed by atoms with Gasteiger partial charge in [0.15, 0.2) is 0 Å². The maximum absolute atomic E-state index is 13.7. The second-order valence-electron chi connectivity index (χ2n) is 6.31. The molecule has 126 valence electrons. The first-order valence-corrected chi connectivity index (χ1v) is 8.10. The maximum Gasteiger partial charge on any atom is 0.270 e. The summed E-state index contributed by atoms with van der Waals surface area (Å²) in [5, 5.41) is 3.09. The van der Waals surface area contributed by atoms with Gasteiger partial charge in [-0.15, -0.1) is 0 Å². The number of amides is 1. The van der Waals surface area contributed by atoms with Crippen LogP contribution in [0.3, 0.4) is 0 Å². The van der Waals surface area contributed by atoms with Crippen molar-refractivity contribution >= 4 is 5.91 Å². The molecule has 1 aromatic heterocycles. The van der Waals surface area contributed by atoms with Gasteiger partial charge in [0.2, 0.25) is 0 Å². The van der Waals surface area contributed by atoms with E-state index >= 15 is 0 Å². The zero-order valence-corrected chi connectivity index (χ0v) is 13.9. The Bertz CT molecular complexity index is 755. The van der Waals surface area contributed by atoms with E-state index in [0.717, 1.165) is 16.7 Å². The molecule has 0 saturated carbocycles. The molecule has 1 saturated heterocycles.